The number of hydrogen-bond acceptors (Lipinski definition) is 7. The van der Waals surface area contributed by atoms with Crippen LogP contribution in [-0.4, -0.2) is 54.3 Å². The maximum atomic E-state index is 12.1. The molecule has 0 heterocycles. The van der Waals surface area contributed by atoms with Crippen LogP contribution in [0, 0.1) is 0 Å². The summed E-state index contributed by atoms with van der Waals surface area (Å²) in [4.78, 5) is 34.0. The molecule has 0 aromatic heterocycles. The molecule has 0 aliphatic carbocycles. The van der Waals surface area contributed by atoms with E-state index in [1.165, 1.54) is 96.3 Å². The van der Waals surface area contributed by atoms with Gasteiger partial charge in [-0.2, -0.15) is 0 Å². The number of allylic oxidation sites excluding steroid dienone is 10. The molecule has 342 valence electrons. The van der Waals surface area contributed by atoms with E-state index in [2.05, 4.69) is 79.9 Å². The number of amides is 1. The summed E-state index contributed by atoms with van der Waals surface area (Å²) in [6.07, 6.45) is 54.3. The molecule has 0 spiro atoms. The van der Waals surface area contributed by atoms with Crippen molar-refractivity contribution in [3.05, 3.63) is 60.8 Å². The first-order valence-corrected chi connectivity index (χ1v) is 25.3. The largest absolute Gasteiger partial charge is 0.472 e. The van der Waals surface area contributed by atoms with Crippen molar-refractivity contribution >= 4 is 19.7 Å². The van der Waals surface area contributed by atoms with Gasteiger partial charge in [0.15, 0.2) is 0 Å². The van der Waals surface area contributed by atoms with Crippen molar-refractivity contribution in [2.24, 2.45) is 0 Å². The smallest absolute Gasteiger partial charge is 0.463 e. The van der Waals surface area contributed by atoms with Gasteiger partial charge in [-0.1, -0.05) is 171 Å². The van der Waals surface area contributed by atoms with Crippen LogP contribution < -0.4 is 5.32 Å². The number of aliphatic hydroxyl groups is 1. The first-order valence-electron chi connectivity index (χ1n) is 23.8. The number of rotatable bonds is 44. The third-order valence-corrected chi connectivity index (χ3v) is 10.9. The molecule has 0 saturated carbocycles. The highest BCUT2D eigenvalue weighted by atomic mass is 31.2. The van der Waals surface area contributed by atoms with Gasteiger partial charge in [0.25, 0.3) is 0 Å². The van der Waals surface area contributed by atoms with Crippen LogP contribution in [-0.2, 0) is 27.9 Å². The van der Waals surface area contributed by atoms with Crippen molar-refractivity contribution < 1.29 is 37.9 Å². The van der Waals surface area contributed by atoms with Crippen molar-refractivity contribution in [3.8, 4) is 0 Å². The summed E-state index contributed by atoms with van der Waals surface area (Å²) in [5, 5.41) is 12.7. The van der Waals surface area contributed by atoms with Crippen LogP contribution >= 0.6 is 7.82 Å². The number of carbonyl (C=O) groups is 2. The average Bonchev–Trinajstić information content (AvgIpc) is 3.22. The summed E-state index contributed by atoms with van der Waals surface area (Å²) in [5.74, 6) is -0.536. The van der Waals surface area contributed by atoms with Crippen molar-refractivity contribution in [2.75, 3.05) is 26.4 Å². The van der Waals surface area contributed by atoms with E-state index in [1.807, 2.05) is 0 Å². The van der Waals surface area contributed by atoms with Crippen molar-refractivity contribution in [1.82, 2.24) is 5.32 Å². The Morgan fingerprint density at radius 1 is 0.525 bits per heavy atom. The SMILES string of the molecule is CCCCC/C=C\C/C=C\C/C=C\C/C=C\CCCCCCCCCC(=O)NCCOP(=O)(O)OCC(O)COC(=O)CCCCCCC/C=C\CCCCCCCC. The first-order chi connectivity index (χ1) is 28.8. The van der Waals surface area contributed by atoms with E-state index in [0.29, 0.717) is 6.42 Å². The Kier molecular flexibility index (Phi) is 43.5. The standard InChI is InChI=1S/C49H88NO8P/c1-3-5-7-9-11-13-15-17-19-20-21-22-23-24-25-26-28-29-31-33-35-37-39-41-48(52)50-43-44-57-59(54,55)58-46-47(51)45-56-49(53)42-40-38-36-34-32-30-27-18-16-14-12-10-8-6-4-2/h11,13,17-19,21-22,24-25,27,47,51H,3-10,12,14-16,20,23,26,28-46H2,1-2H3,(H,50,52)(H,54,55)/b13-11-,19-17-,22-21-,25-24-,27-18-. The topological polar surface area (TPSA) is 131 Å². The quantitative estimate of drug-likeness (QED) is 0.0239. The molecule has 59 heavy (non-hydrogen) atoms. The molecule has 1 amide bonds. The van der Waals surface area contributed by atoms with Gasteiger partial charge in [-0.3, -0.25) is 18.6 Å². The number of phosphoric ester groups is 1. The lowest BCUT2D eigenvalue weighted by Gasteiger charge is -2.15. The van der Waals surface area contributed by atoms with Gasteiger partial charge in [-0.15, -0.1) is 0 Å². The maximum absolute atomic E-state index is 12.1. The van der Waals surface area contributed by atoms with Gasteiger partial charge in [0, 0.05) is 19.4 Å². The van der Waals surface area contributed by atoms with Crippen LogP contribution in [0.2, 0.25) is 0 Å². The number of carbonyl (C=O) groups excluding carboxylic acids is 2. The number of unbranched alkanes of at least 4 members (excludes halogenated alkanes) is 21. The Bertz CT molecular complexity index is 1150. The normalized spacial score (nSPS) is 13.8. The minimum atomic E-state index is -4.43. The Labute approximate surface area is 361 Å². The molecule has 3 N–H and O–H groups in total. The Balaban J connectivity index is 3.62. The summed E-state index contributed by atoms with van der Waals surface area (Å²) in [6, 6.07) is 0. The van der Waals surface area contributed by atoms with E-state index < -0.39 is 26.5 Å². The summed E-state index contributed by atoms with van der Waals surface area (Å²) in [6.45, 7) is 3.50. The van der Waals surface area contributed by atoms with Gasteiger partial charge in [-0.05, 0) is 83.5 Å². The minimum Gasteiger partial charge on any atom is -0.463 e. The number of hydrogen-bond donors (Lipinski definition) is 3. The van der Waals surface area contributed by atoms with Crippen LogP contribution in [0.3, 0.4) is 0 Å². The van der Waals surface area contributed by atoms with E-state index in [1.54, 1.807) is 0 Å². The van der Waals surface area contributed by atoms with Gasteiger partial charge in [-0.25, -0.2) is 4.57 Å². The molecule has 0 aromatic carbocycles. The monoisotopic (exact) mass is 850 g/mol. The minimum absolute atomic E-state index is 0.0721. The Morgan fingerprint density at radius 3 is 1.42 bits per heavy atom. The van der Waals surface area contributed by atoms with Crippen molar-refractivity contribution in [3.63, 3.8) is 0 Å². The van der Waals surface area contributed by atoms with Gasteiger partial charge in [0.2, 0.25) is 5.91 Å². The molecule has 0 aliphatic heterocycles. The summed E-state index contributed by atoms with van der Waals surface area (Å²) in [5.41, 5.74) is 0. The zero-order chi connectivity index (χ0) is 43.2. The molecular weight excluding hydrogens is 762 g/mol. The van der Waals surface area contributed by atoms with Gasteiger partial charge in [0.05, 0.1) is 13.2 Å². The first kappa shape index (κ1) is 56.7. The molecule has 0 bridgehead atoms. The summed E-state index contributed by atoms with van der Waals surface area (Å²) >= 11 is 0. The molecule has 0 saturated heterocycles. The van der Waals surface area contributed by atoms with Crippen LogP contribution in [0.4, 0.5) is 0 Å². The van der Waals surface area contributed by atoms with E-state index >= 15 is 0 Å². The van der Waals surface area contributed by atoms with Crippen LogP contribution in [0.25, 0.3) is 0 Å². The fraction of sp³-hybridized carbons (Fsp3) is 0.755. The Morgan fingerprint density at radius 2 is 0.915 bits per heavy atom. The molecular formula is C49H88NO8P. The fourth-order valence-corrected chi connectivity index (χ4v) is 7.06. The van der Waals surface area contributed by atoms with E-state index in [4.69, 9.17) is 13.8 Å². The molecule has 0 aliphatic rings. The lowest BCUT2D eigenvalue weighted by Crippen LogP contribution is -2.27. The zero-order valence-corrected chi connectivity index (χ0v) is 38.6. The number of esters is 1. The maximum Gasteiger partial charge on any atom is 0.472 e. The molecule has 2 atom stereocenters. The van der Waals surface area contributed by atoms with Gasteiger partial charge in [0.1, 0.15) is 12.7 Å². The van der Waals surface area contributed by atoms with Crippen LogP contribution in [0.5, 0.6) is 0 Å². The second-order valence-corrected chi connectivity index (χ2v) is 17.2. The molecule has 0 aromatic rings. The molecule has 10 heteroatoms. The third-order valence-electron chi connectivity index (χ3n) is 9.92. The lowest BCUT2D eigenvalue weighted by molar-refractivity contribution is -0.147. The van der Waals surface area contributed by atoms with Gasteiger partial charge >= 0.3 is 13.8 Å². The number of ether oxygens (including phenoxy) is 1. The molecule has 9 nitrogen and oxygen atoms in total. The number of phosphoric acid groups is 1. The molecule has 0 fully saturated rings. The van der Waals surface area contributed by atoms with Crippen molar-refractivity contribution in [1.29, 1.82) is 0 Å². The highest BCUT2D eigenvalue weighted by Crippen LogP contribution is 2.42. The third kappa shape index (κ3) is 46.6. The number of aliphatic hydroxyl groups excluding tert-OH is 1. The highest BCUT2D eigenvalue weighted by Gasteiger charge is 2.23. The Hall–Kier alpha value is -2.29. The van der Waals surface area contributed by atoms with Crippen LogP contribution in [0.1, 0.15) is 206 Å². The second-order valence-electron chi connectivity index (χ2n) is 15.7. The van der Waals surface area contributed by atoms with Crippen molar-refractivity contribution in [2.45, 2.75) is 213 Å². The lowest BCUT2D eigenvalue weighted by atomic mass is 10.1. The molecule has 0 rings (SSSR count). The number of nitrogens with one attached hydrogen (secondary N) is 1. The average molecular weight is 850 g/mol. The summed E-state index contributed by atoms with van der Waals surface area (Å²) in [7, 11) is -4.43. The predicted molar refractivity (Wildman–Crippen MR) is 247 cm³/mol. The molecule has 0 radical (unpaired) electrons. The van der Waals surface area contributed by atoms with Gasteiger partial charge < -0.3 is 20.1 Å². The van der Waals surface area contributed by atoms with Crippen LogP contribution in [0.15, 0.2) is 60.8 Å². The van der Waals surface area contributed by atoms with E-state index in [-0.39, 0.29) is 32.1 Å². The fourth-order valence-electron chi connectivity index (χ4n) is 6.30. The summed E-state index contributed by atoms with van der Waals surface area (Å²) < 4.78 is 26.9. The van der Waals surface area contributed by atoms with E-state index in [0.717, 1.165) is 83.5 Å². The van der Waals surface area contributed by atoms with E-state index in [9.17, 15) is 24.2 Å². The zero-order valence-electron chi connectivity index (χ0n) is 37.7. The second kappa shape index (κ2) is 45.2. The highest BCUT2D eigenvalue weighted by molar-refractivity contribution is 7.47. The molecule has 2 unspecified atom stereocenters. The predicted octanol–water partition coefficient (Wildman–Crippen LogP) is 13.7.